The molecule has 204 valence electrons. The third-order valence-corrected chi connectivity index (χ3v) is 9.20. The van der Waals surface area contributed by atoms with E-state index in [1.165, 1.54) is 87.2 Å². The fourth-order valence-corrected chi connectivity index (χ4v) is 7.05. The molecule has 44 heavy (non-hydrogen) atoms. The molecule has 9 aromatic carbocycles. The van der Waals surface area contributed by atoms with E-state index in [9.17, 15) is 0 Å². The van der Waals surface area contributed by atoms with Gasteiger partial charge in [0.1, 0.15) is 0 Å². The highest BCUT2D eigenvalue weighted by Crippen LogP contribution is 2.39. The predicted molar refractivity (Wildman–Crippen MR) is 190 cm³/mol. The maximum atomic E-state index is 2.37. The molecule has 0 bridgehead atoms. The molecule has 0 fully saturated rings. The summed E-state index contributed by atoms with van der Waals surface area (Å²) in [6, 6.07) is 62.3. The fraction of sp³-hybridized carbons (Fsp3) is 0. The van der Waals surface area contributed by atoms with Crippen LogP contribution < -0.4 is 0 Å². The van der Waals surface area contributed by atoms with Gasteiger partial charge in [0.2, 0.25) is 0 Å². The molecule has 0 heteroatoms. The van der Waals surface area contributed by atoms with Crippen LogP contribution in [0.25, 0.3) is 87.2 Å². The van der Waals surface area contributed by atoms with E-state index < -0.39 is 0 Å². The summed E-state index contributed by atoms with van der Waals surface area (Å²) >= 11 is 0. The van der Waals surface area contributed by atoms with E-state index in [0.717, 1.165) is 0 Å². The smallest absolute Gasteiger partial charge is 0.00264 e. The van der Waals surface area contributed by atoms with Gasteiger partial charge in [-0.2, -0.15) is 0 Å². The molecule has 0 unspecified atom stereocenters. The molecule has 0 amide bonds. The molecule has 0 saturated heterocycles. The lowest BCUT2D eigenvalue weighted by Crippen LogP contribution is -1.87. The van der Waals surface area contributed by atoms with Crippen molar-refractivity contribution in [2.24, 2.45) is 0 Å². The average molecular weight is 557 g/mol. The van der Waals surface area contributed by atoms with Gasteiger partial charge in [-0.15, -0.1) is 0 Å². The highest BCUT2D eigenvalue weighted by molar-refractivity contribution is 6.23. The molecule has 0 N–H and O–H groups in total. The third-order valence-electron chi connectivity index (χ3n) is 9.20. The monoisotopic (exact) mass is 556 g/mol. The summed E-state index contributed by atoms with van der Waals surface area (Å²) in [5, 5.41) is 12.8. The first-order chi connectivity index (χ1) is 21.8. The minimum atomic E-state index is 1.23. The first kappa shape index (κ1) is 24.8. The molecule has 0 atom stereocenters. The normalized spacial score (nSPS) is 11.6. The van der Waals surface area contributed by atoms with E-state index in [4.69, 9.17) is 0 Å². The average Bonchev–Trinajstić information content (AvgIpc) is 3.10. The van der Waals surface area contributed by atoms with Gasteiger partial charge in [0.15, 0.2) is 0 Å². The summed E-state index contributed by atoms with van der Waals surface area (Å²) in [7, 11) is 0. The van der Waals surface area contributed by atoms with E-state index in [2.05, 4.69) is 170 Å². The van der Waals surface area contributed by atoms with E-state index in [1.807, 2.05) is 0 Å². The van der Waals surface area contributed by atoms with Crippen LogP contribution in [0.4, 0.5) is 0 Å². The standard InChI is InChI=1S/C44H28/c1-3-14-38-29(9-1)11-8-18-39(38)36-23-22-33-25-32(20-21-34(33)27-36)31-12-7-13-35(26-31)43-28-37-24-19-30-10-2-4-15-40(30)44(37)42-17-6-5-16-41(42)43/h1-28H. The van der Waals surface area contributed by atoms with Crippen LogP contribution >= 0.6 is 0 Å². The molecule has 0 heterocycles. The highest BCUT2D eigenvalue weighted by atomic mass is 14.2. The molecule has 9 aromatic rings. The Morgan fingerprint density at radius 1 is 0.227 bits per heavy atom. The van der Waals surface area contributed by atoms with Crippen molar-refractivity contribution in [3.8, 4) is 33.4 Å². The lowest BCUT2D eigenvalue weighted by atomic mass is 9.89. The number of hydrogen-bond acceptors (Lipinski definition) is 0. The van der Waals surface area contributed by atoms with Crippen molar-refractivity contribution in [2.75, 3.05) is 0 Å². The fourth-order valence-electron chi connectivity index (χ4n) is 7.05. The summed E-state index contributed by atoms with van der Waals surface area (Å²) in [4.78, 5) is 0. The molecule has 0 spiro atoms. The maximum Gasteiger partial charge on any atom is -0.00264 e. The Hall–Kier alpha value is -5.72. The molecule has 0 aliphatic carbocycles. The first-order valence-electron chi connectivity index (χ1n) is 15.3. The van der Waals surface area contributed by atoms with E-state index in [-0.39, 0.29) is 0 Å². The second kappa shape index (κ2) is 9.93. The Kier molecular flexibility index (Phi) is 5.61. The SMILES string of the molecule is c1cc(-c2ccc3cc(-c4cccc5ccccc45)ccc3c2)cc(-c2cc3ccc4ccccc4c3c3ccccc23)c1. The Bertz CT molecular complexity index is 2550. The van der Waals surface area contributed by atoms with Crippen molar-refractivity contribution in [3.63, 3.8) is 0 Å². The number of rotatable bonds is 3. The molecular formula is C44H28. The van der Waals surface area contributed by atoms with E-state index in [0.29, 0.717) is 0 Å². The number of fused-ring (bicyclic) bond motifs is 7. The largest absolute Gasteiger partial charge is 0.0616 e. The minimum absolute atomic E-state index is 1.23. The van der Waals surface area contributed by atoms with Crippen LogP contribution in [0.15, 0.2) is 170 Å². The van der Waals surface area contributed by atoms with Crippen molar-refractivity contribution in [1.29, 1.82) is 0 Å². The van der Waals surface area contributed by atoms with Crippen molar-refractivity contribution in [3.05, 3.63) is 170 Å². The van der Waals surface area contributed by atoms with Gasteiger partial charge in [-0.25, -0.2) is 0 Å². The summed E-state index contributed by atoms with van der Waals surface area (Å²) in [5.41, 5.74) is 7.49. The van der Waals surface area contributed by atoms with Gasteiger partial charge in [-0.3, -0.25) is 0 Å². The summed E-state index contributed by atoms with van der Waals surface area (Å²) in [6.07, 6.45) is 0. The van der Waals surface area contributed by atoms with Gasteiger partial charge < -0.3 is 0 Å². The van der Waals surface area contributed by atoms with Crippen LogP contribution in [0.1, 0.15) is 0 Å². The van der Waals surface area contributed by atoms with Gasteiger partial charge in [-0.1, -0.05) is 146 Å². The Morgan fingerprint density at radius 3 is 1.59 bits per heavy atom. The molecule has 0 aliphatic rings. The van der Waals surface area contributed by atoms with Crippen LogP contribution in [0, 0.1) is 0 Å². The molecule has 9 rings (SSSR count). The van der Waals surface area contributed by atoms with E-state index >= 15 is 0 Å². The second-order valence-corrected chi connectivity index (χ2v) is 11.7. The summed E-state index contributed by atoms with van der Waals surface area (Å²) in [5.74, 6) is 0. The first-order valence-corrected chi connectivity index (χ1v) is 15.3. The quantitative estimate of drug-likeness (QED) is 0.190. The number of benzene rings is 9. The minimum Gasteiger partial charge on any atom is -0.0616 e. The highest BCUT2D eigenvalue weighted by Gasteiger charge is 2.12. The van der Waals surface area contributed by atoms with Gasteiger partial charge in [-0.05, 0) is 112 Å². The van der Waals surface area contributed by atoms with Crippen molar-refractivity contribution in [1.82, 2.24) is 0 Å². The molecule has 0 aromatic heterocycles. The van der Waals surface area contributed by atoms with Crippen LogP contribution in [0.2, 0.25) is 0 Å². The lowest BCUT2D eigenvalue weighted by Gasteiger charge is -2.14. The van der Waals surface area contributed by atoms with Crippen LogP contribution in [0.5, 0.6) is 0 Å². The predicted octanol–water partition coefficient (Wildman–Crippen LogP) is 12.5. The zero-order chi connectivity index (χ0) is 29.0. The van der Waals surface area contributed by atoms with Crippen molar-refractivity contribution in [2.45, 2.75) is 0 Å². The summed E-state index contributed by atoms with van der Waals surface area (Å²) in [6.45, 7) is 0. The van der Waals surface area contributed by atoms with Gasteiger partial charge in [0.05, 0.1) is 0 Å². The molecular weight excluding hydrogens is 528 g/mol. The Morgan fingerprint density at radius 2 is 0.750 bits per heavy atom. The van der Waals surface area contributed by atoms with Crippen molar-refractivity contribution < 1.29 is 0 Å². The topological polar surface area (TPSA) is 0 Å². The van der Waals surface area contributed by atoms with E-state index in [1.54, 1.807) is 0 Å². The van der Waals surface area contributed by atoms with Crippen LogP contribution in [0.3, 0.4) is 0 Å². The van der Waals surface area contributed by atoms with Gasteiger partial charge >= 0.3 is 0 Å². The zero-order valence-electron chi connectivity index (χ0n) is 24.2. The second-order valence-electron chi connectivity index (χ2n) is 11.7. The molecule has 0 nitrogen and oxygen atoms in total. The molecule has 0 aliphatic heterocycles. The summed E-state index contributed by atoms with van der Waals surface area (Å²) < 4.78 is 0. The van der Waals surface area contributed by atoms with Crippen LogP contribution in [-0.4, -0.2) is 0 Å². The maximum absolute atomic E-state index is 2.37. The Balaban J connectivity index is 1.15. The number of hydrogen-bond donors (Lipinski definition) is 0. The van der Waals surface area contributed by atoms with Crippen LogP contribution in [-0.2, 0) is 0 Å². The van der Waals surface area contributed by atoms with Crippen molar-refractivity contribution >= 4 is 53.9 Å². The Labute approximate surface area is 256 Å². The molecule has 0 radical (unpaired) electrons. The van der Waals surface area contributed by atoms with Gasteiger partial charge in [0, 0.05) is 0 Å². The molecule has 0 saturated carbocycles. The zero-order valence-corrected chi connectivity index (χ0v) is 24.2. The third kappa shape index (κ3) is 4.00. The lowest BCUT2D eigenvalue weighted by molar-refractivity contribution is 1.62. The van der Waals surface area contributed by atoms with Gasteiger partial charge in [0.25, 0.3) is 0 Å².